The van der Waals surface area contributed by atoms with Crippen LogP contribution in [0.2, 0.25) is 5.02 Å². The van der Waals surface area contributed by atoms with Gasteiger partial charge in [-0.2, -0.15) is 0 Å². The van der Waals surface area contributed by atoms with Gasteiger partial charge in [0.2, 0.25) is 5.91 Å². The van der Waals surface area contributed by atoms with Crippen LogP contribution in [0.1, 0.15) is 16.1 Å². The van der Waals surface area contributed by atoms with Crippen molar-refractivity contribution in [2.75, 3.05) is 36.4 Å². The number of benzene rings is 2. The standard InChI is InChI=1S/C25H23ClN4O3S/c26-21-17-19(27-25(34)28-23(31)11-9-20-7-4-16-33-20)8-10-22(21)29-12-14-30(15-13-29)24(32)18-5-2-1-3-6-18/h1-11,16-17H,12-15H2,(H2,27,28,31,34)/b11-9+. The minimum atomic E-state index is -0.375. The first-order chi connectivity index (χ1) is 16.5. The number of carbonyl (C=O) groups excluding carboxylic acids is 2. The Balaban J connectivity index is 1.29. The molecule has 4 rings (SSSR count). The van der Waals surface area contributed by atoms with Crippen molar-refractivity contribution in [2.45, 2.75) is 0 Å². The summed E-state index contributed by atoms with van der Waals surface area (Å²) in [5.41, 5.74) is 2.24. The van der Waals surface area contributed by atoms with E-state index in [0.29, 0.717) is 48.2 Å². The number of nitrogens with zero attached hydrogens (tertiary/aromatic N) is 2. The van der Waals surface area contributed by atoms with Gasteiger partial charge in [-0.15, -0.1) is 0 Å². The van der Waals surface area contributed by atoms with Crippen molar-refractivity contribution in [3.05, 3.63) is 89.3 Å². The number of anilines is 2. The van der Waals surface area contributed by atoms with E-state index in [9.17, 15) is 9.59 Å². The average molecular weight is 495 g/mol. The van der Waals surface area contributed by atoms with Crippen molar-refractivity contribution in [3.63, 3.8) is 0 Å². The average Bonchev–Trinajstić information content (AvgIpc) is 3.37. The first-order valence-corrected chi connectivity index (χ1v) is 11.5. The lowest BCUT2D eigenvalue weighted by Crippen LogP contribution is -2.48. The number of hydrogen-bond acceptors (Lipinski definition) is 5. The van der Waals surface area contributed by atoms with Gasteiger partial charge in [-0.05, 0) is 60.8 Å². The van der Waals surface area contributed by atoms with E-state index >= 15 is 0 Å². The van der Waals surface area contributed by atoms with E-state index < -0.39 is 0 Å². The monoisotopic (exact) mass is 494 g/mol. The second-order valence-corrected chi connectivity index (χ2v) is 8.42. The number of nitrogens with one attached hydrogen (secondary N) is 2. The molecule has 0 spiro atoms. The Morgan fingerprint density at radius 2 is 1.76 bits per heavy atom. The van der Waals surface area contributed by atoms with Gasteiger partial charge in [-0.25, -0.2) is 0 Å². The normalized spacial score (nSPS) is 13.7. The molecule has 2 aromatic carbocycles. The number of piperazine rings is 1. The van der Waals surface area contributed by atoms with Crippen molar-refractivity contribution in [3.8, 4) is 0 Å². The van der Waals surface area contributed by atoms with Gasteiger partial charge < -0.3 is 19.5 Å². The number of furan rings is 1. The summed E-state index contributed by atoms with van der Waals surface area (Å²) in [6.45, 7) is 2.60. The molecule has 3 aromatic rings. The van der Waals surface area contributed by atoms with E-state index in [1.807, 2.05) is 47.4 Å². The molecule has 7 nitrogen and oxygen atoms in total. The van der Waals surface area contributed by atoms with Crippen molar-refractivity contribution in [2.24, 2.45) is 0 Å². The molecule has 174 valence electrons. The van der Waals surface area contributed by atoms with Crippen LogP contribution in [0.4, 0.5) is 11.4 Å². The summed E-state index contributed by atoms with van der Waals surface area (Å²) in [5.74, 6) is 0.238. The number of thiocarbonyl (C=S) groups is 1. The molecule has 0 bridgehead atoms. The Bertz CT molecular complexity index is 1190. The molecular formula is C25H23ClN4O3S. The highest BCUT2D eigenvalue weighted by molar-refractivity contribution is 7.80. The van der Waals surface area contributed by atoms with Crippen molar-refractivity contribution in [1.29, 1.82) is 0 Å². The molecule has 1 saturated heterocycles. The summed E-state index contributed by atoms with van der Waals surface area (Å²) >= 11 is 11.8. The highest BCUT2D eigenvalue weighted by Crippen LogP contribution is 2.30. The predicted molar refractivity (Wildman–Crippen MR) is 138 cm³/mol. The van der Waals surface area contributed by atoms with Gasteiger partial charge in [0.1, 0.15) is 5.76 Å². The second kappa shape index (κ2) is 11.0. The van der Waals surface area contributed by atoms with Crippen molar-refractivity contribution >= 4 is 58.2 Å². The SMILES string of the molecule is O=C(/C=C/c1ccco1)NC(=S)Nc1ccc(N2CCN(C(=O)c3ccccc3)CC2)c(Cl)c1. The lowest BCUT2D eigenvalue weighted by atomic mass is 10.1. The number of amides is 2. The molecule has 1 aliphatic rings. The predicted octanol–water partition coefficient (Wildman–Crippen LogP) is 4.42. The zero-order valence-corrected chi connectivity index (χ0v) is 19.8. The molecule has 0 radical (unpaired) electrons. The largest absolute Gasteiger partial charge is 0.465 e. The molecular weight excluding hydrogens is 472 g/mol. The third-order valence-corrected chi connectivity index (χ3v) is 5.82. The van der Waals surface area contributed by atoms with Crippen LogP contribution in [0.25, 0.3) is 6.08 Å². The minimum Gasteiger partial charge on any atom is -0.465 e. The molecule has 0 aliphatic carbocycles. The van der Waals surface area contributed by atoms with Gasteiger partial charge in [0.25, 0.3) is 5.91 Å². The topological polar surface area (TPSA) is 77.8 Å². The zero-order valence-electron chi connectivity index (χ0n) is 18.2. The van der Waals surface area contributed by atoms with Gasteiger partial charge >= 0.3 is 0 Å². The maximum Gasteiger partial charge on any atom is 0.253 e. The first kappa shape index (κ1) is 23.5. The molecule has 0 saturated carbocycles. The first-order valence-electron chi connectivity index (χ1n) is 10.7. The molecule has 2 N–H and O–H groups in total. The second-order valence-electron chi connectivity index (χ2n) is 7.60. The van der Waals surface area contributed by atoms with Gasteiger partial charge in [-0.3, -0.25) is 14.9 Å². The van der Waals surface area contributed by atoms with E-state index in [1.54, 1.807) is 24.3 Å². The van der Waals surface area contributed by atoms with Gasteiger partial charge in [0, 0.05) is 43.5 Å². The maximum atomic E-state index is 12.7. The quantitative estimate of drug-likeness (QED) is 0.404. The molecule has 9 heteroatoms. The number of halogens is 1. The van der Waals surface area contributed by atoms with Crippen LogP contribution >= 0.6 is 23.8 Å². The Kier molecular flexibility index (Phi) is 7.61. The lowest BCUT2D eigenvalue weighted by molar-refractivity contribution is -0.115. The Hall–Kier alpha value is -3.62. The van der Waals surface area contributed by atoms with Crippen LogP contribution in [0.15, 0.2) is 77.4 Å². The molecule has 2 heterocycles. The van der Waals surface area contributed by atoms with Crippen LogP contribution in [0.3, 0.4) is 0 Å². The van der Waals surface area contributed by atoms with E-state index in [2.05, 4.69) is 15.5 Å². The van der Waals surface area contributed by atoms with Crippen molar-refractivity contribution < 1.29 is 14.0 Å². The van der Waals surface area contributed by atoms with Gasteiger partial charge in [0.15, 0.2) is 5.11 Å². The smallest absolute Gasteiger partial charge is 0.253 e. The third-order valence-electron chi connectivity index (χ3n) is 5.31. The molecule has 1 aromatic heterocycles. The molecule has 1 aliphatic heterocycles. The van der Waals surface area contributed by atoms with Crippen LogP contribution < -0.4 is 15.5 Å². The zero-order chi connectivity index (χ0) is 23.9. The summed E-state index contributed by atoms with van der Waals surface area (Å²) in [6, 6.07) is 18.3. The molecule has 2 amide bonds. The van der Waals surface area contributed by atoms with E-state index in [-0.39, 0.29) is 16.9 Å². The fraction of sp³-hybridized carbons (Fsp3) is 0.160. The highest BCUT2D eigenvalue weighted by Gasteiger charge is 2.23. The molecule has 1 fully saturated rings. The maximum absolute atomic E-state index is 12.7. The Labute approximate surface area is 208 Å². The summed E-state index contributed by atoms with van der Waals surface area (Å²) in [6.07, 6.45) is 4.42. The molecule has 34 heavy (non-hydrogen) atoms. The summed E-state index contributed by atoms with van der Waals surface area (Å²) in [4.78, 5) is 28.7. The number of hydrogen-bond donors (Lipinski definition) is 2. The van der Waals surface area contributed by atoms with Crippen LogP contribution in [0, 0.1) is 0 Å². The Morgan fingerprint density at radius 3 is 2.44 bits per heavy atom. The fourth-order valence-corrected chi connectivity index (χ4v) is 4.13. The minimum absolute atomic E-state index is 0.0421. The third kappa shape index (κ3) is 6.03. The molecule has 0 unspecified atom stereocenters. The van der Waals surface area contributed by atoms with Crippen LogP contribution in [0.5, 0.6) is 0 Å². The van der Waals surface area contributed by atoms with E-state index in [1.165, 1.54) is 12.3 Å². The number of rotatable bonds is 5. The van der Waals surface area contributed by atoms with Crippen LogP contribution in [-0.2, 0) is 4.79 Å². The molecule has 0 atom stereocenters. The van der Waals surface area contributed by atoms with Gasteiger partial charge in [0.05, 0.1) is 17.0 Å². The van der Waals surface area contributed by atoms with Crippen LogP contribution in [-0.4, -0.2) is 48.0 Å². The summed E-state index contributed by atoms with van der Waals surface area (Å²) in [7, 11) is 0. The lowest BCUT2D eigenvalue weighted by Gasteiger charge is -2.36. The van der Waals surface area contributed by atoms with Gasteiger partial charge in [-0.1, -0.05) is 29.8 Å². The summed E-state index contributed by atoms with van der Waals surface area (Å²) in [5, 5.41) is 6.26. The fourth-order valence-electron chi connectivity index (χ4n) is 3.61. The Morgan fingerprint density at radius 1 is 1.00 bits per heavy atom. The van der Waals surface area contributed by atoms with Crippen molar-refractivity contribution in [1.82, 2.24) is 10.2 Å². The highest BCUT2D eigenvalue weighted by atomic mass is 35.5. The number of carbonyl (C=O) groups is 2. The summed E-state index contributed by atoms with van der Waals surface area (Å²) < 4.78 is 5.14. The van der Waals surface area contributed by atoms with E-state index in [4.69, 9.17) is 28.2 Å². The van der Waals surface area contributed by atoms with E-state index in [0.717, 1.165) is 5.69 Å².